The first-order valence-corrected chi connectivity index (χ1v) is 6.62. The topological polar surface area (TPSA) is 85.5 Å². The molecule has 1 aliphatic rings. The number of carbonyl (C=O) groups excluding carboxylic acids is 2. The number of piperidine rings is 1. The average molecular weight is 277 g/mol. The summed E-state index contributed by atoms with van der Waals surface area (Å²) in [5.41, 5.74) is 7.28. The van der Waals surface area contributed by atoms with Crippen molar-refractivity contribution in [2.75, 3.05) is 25.9 Å². The normalized spacial score (nSPS) is 18.7. The van der Waals surface area contributed by atoms with Crippen LogP contribution in [0.3, 0.4) is 0 Å². The predicted octanol–water partition coefficient (Wildman–Crippen LogP) is 0.997. The summed E-state index contributed by atoms with van der Waals surface area (Å²) in [6, 6.07) is 1.63. The molecule has 6 heteroatoms. The summed E-state index contributed by atoms with van der Waals surface area (Å²) in [5.74, 6) is -0.632. The molecule has 0 saturated carbocycles. The Balaban J connectivity index is 2.16. The minimum Gasteiger partial charge on any atom is -0.469 e. The number of anilines is 1. The molecule has 2 N–H and O–H groups in total. The van der Waals surface area contributed by atoms with Crippen LogP contribution in [0.15, 0.2) is 12.3 Å². The Kier molecular flexibility index (Phi) is 4.22. The van der Waals surface area contributed by atoms with E-state index in [1.165, 1.54) is 13.3 Å². The van der Waals surface area contributed by atoms with Gasteiger partial charge in [0.25, 0.3) is 5.91 Å². The molecule has 20 heavy (non-hydrogen) atoms. The first kappa shape index (κ1) is 14.3. The number of rotatable bonds is 2. The van der Waals surface area contributed by atoms with Crippen molar-refractivity contribution < 1.29 is 14.3 Å². The van der Waals surface area contributed by atoms with E-state index in [0.29, 0.717) is 30.0 Å². The van der Waals surface area contributed by atoms with Gasteiger partial charge in [-0.15, -0.1) is 0 Å². The first-order chi connectivity index (χ1) is 9.52. The van der Waals surface area contributed by atoms with Crippen LogP contribution >= 0.6 is 0 Å². The number of aromatic nitrogens is 1. The number of nitrogens with zero attached hydrogens (tertiary/aromatic N) is 2. The maximum Gasteiger partial charge on any atom is 0.310 e. The summed E-state index contributed by atoms with van der Waals surface area (Å²) in [6.45, 7) is 2.80. The molecule has 0 bridgehead atoms. The van der Waals surface area contributed by atoms with E-state index in [2.05, 4.69) is 4.98 Å². The smallest absolute Gasteiger partial charge is 0.310 e. The number of hydrogen-bond donors (Lipinski definition) is 1. The van der Waals surface area contributed by atoms with Crippen molar-refractivity contribution in [3.05, 3.63) is 23.5 Å². The highest BCUT2D eigenvalue weighted by atomic mass is 16.5. The van der Waals surface area contributed by atoms with Gasteiger partial charge in [0.05, 0.1) is 36.2 Å². The van der Waals surface area contributed by atoms with Gasteiger partial charge in [0.15, 0.2) is 0 Å². The lowest BCUT2D eigenvalue weighted by atomic mass is 9.97. The summed E-state index contributed by atoms with van der Waals surface area (Å²) in [5, 5.41) is 0. The Morgan fingerprint density at radius 2 is 2.25 bits per heavy atom. The summed E-state index contributed by atoms with van der Waals surface area (Å²) in [6.07, 6.45) is 3.07. The zero-order chi connectivity index (χ0) is 14.7. The van der Waals surface area contributed by atoms with Crippen molar-refractivity contribution >= 4 is 17.6 Å². The Hall–Kier alpha value is -2.11. The number of nitrogens with two attached hydrogens (primary N) is 1. The van der Waals surface area contributed by atoms with Gasteiger partial charge in [-0.25, -0.2) is 0 Å². The molecule has 1 saturated heterocycles. The van der Waals surface area contributed by atoms with Gasteiger partial charge in [-0.05, 0) is 25.8 Å². The van der Waals surface area contributed by atoms with Gasteiger partial charge >= 0.3 is 5.97 Å². The Morgan fingerprint density at radius 3 is 2.95 bits per heavy atom. The zero-order valence-electron chi connectivity index (χ0n) is 11.8. The number of aryl methyl sites for hydroxylation is 1. The Morgan fingerprint density at radius 1 is 1.50 bits per heavy atom. The van der Waals surface area contributed by atoms with Gasteiger partial charge in [0.1, 0.15) is 0 Å². The average Bonchev–Trinajstić information content (AvgIpc) is 2.48. The highest BCUT2D eigenvalue weighted by Crippen LogP contribution is 2.21. The number of esters is 1. The minimum absolute atomic E-state index is 0.129. The molecular formula is C14H19N3O3. The molecule has 2 rings (SSSR count). The van der Waals surface area contributed by atoms with Gasteiger partial charge in [-0.2, -0.15) is 0 Å². The van der Waals surface area contributed by atoms with E-state index in [1.54, 1.807) is 17.9 Å². The van der Waals surface area contributed by atoms with Crippen LogP contribution in [-0.2, 0) is 9.53 Å². The van der Waals surface area contributed by atoms with Gasteiger partial charge in [0, 0.05) is 13.1 Å². The van der Waals surface area contributed by atoms with E-state index < -0.39 is 0 Å². The number of carbonyl (C=O) groups is 2. The maximum absolute atomic E-state index is 12.5. The minimum atomic E-state index is -0.259. The monoisotopic (exact) mass is 277 g/mol. The fourth-order valence-electron chi connectivity index (χ4n) is 2.46. The second-order valence-corrected chi connectivity index (χ2v) is 5.02. The van der Waals surface area contributed by atoms with Crippen molar-refractivity contribution in [2.45, 2.75) is 19.8 Å². The van der Waals surface area contributed by atoms with Crippen LogP contribution in [0.4, 0.5) is 5.69 Å². The second kappa shape index (κ2) is 5.90. The second-order valence-electron chi connectivity index (χ2n) is 5.02. The molecule has 0 spiro atoms. The van der Waals surface area contributed by atoms with E-state index in [9.17, 15) is 9.59 Å². The molecule has 1 unspecified atom stereocenters. The lowest BCUT2D eigenvalue weighted by Gasteiger charge is -2.31. The van der Waals surface area contributed by atoms with Gasteiger partial charge in [-0.1, -0.05) is 0 Å². The SMILES string of the molecule is COC(=O)C1CCCN(C(=O)c2cc(N)cnc2C)C1. The summed E-state index contributed by atoms with van der Waals surface area (Å²) in [4.78, 5) is 29.9. The van der Waals surface area contributed by atoms with E-state index in [-0.39, 0.29) is 17.8 Å². The molecule has 0 aliphatic carbocycles. The van der Waals surface area contributed by atoms with Crippen LogP contribution in [0.25, 0.3) is 0 Å². The van der Waals surface area contributed by atoms with Crippen LogP contribution < -0.4 is 5.73 Å². The van der Waals surface area contributed by atoms with Crippen LogP contribution in [0.1, 0.15) is 28.9 Å². The van der Waals surface area contributed by atoms with E-state index in [0.717, 1.165) is 12.8 Å². The highest BCUT2D eigenvalue weighted by Gasteiger charge is 2.30. The lowest BCUT2D eigenvalue weighted by molar-refractivity contribution is -0.146. The van der Waals surface area contributed by atoms with Crippen LogP contribution in [0.2, 0.25) is 0 Å². The van der Waals surface area contributed by atoms with Crippen molar-refractivity contribution in [2.24, 2.45) is 5.92 Å². The quantitative estimate of drug-likeness (QED) is 0.815. The molecule has 1 aromatic heterocycles. The number of pyridine rings is 1. The van der Waals surface area contributed by atoms with Crippen molar-refractivity contribution in [3.63, 3.8) is 0 Å². The lowest BCUT2D eigenvalue weighted by Crippen LogP contribution is -2.42. The Bertz CT molecular complexity index is 530. The highest BCUT2D eigenvalue weighted by molar-refractivity contribution is 5.96. The largest absolute Gasteiger partial charge is 0.469 e. The number of nitrogen functional groups attached to an aromatic ring is 1. The van der Waals surface area contributed by atoms with Crippen LogP contribution in [-0.4, -0.2) is 42.0 Å². The third-order valence-electron chi connectivity index (χ3n) is 3.58. The molecule has 1 aliphatic heterocycles. The van der Waals surface area contributed by atoms with Crippen molar-refractivity contribution in [1.82, 2.24) is 9.88 Å². The molecule has 6 nitrogen and oxygen atoms in total. The molecule has 1 amide bonds. The molecular weight excluding hydrogens is 258 g/mol. The number of ether oxygens (including phenoxy) is 1. The molecule has 2 heterocycles. The third kappa shape index (κ3) is 2.89. The molecule has 0 aromatic carbocycles. The van der Waals surface area contributed by atoms with E-state index in [4.69, 9.17) is 10.5 Å². The Labute approximate surface area is 117 Å². The van der Waals surface area contributed by atoms with Crippen LogP contribution in [0, 0.1) is 12.8 Å². The molecule has 0 radical (unpaired) electrons. The number of methoxy groups -OCH3 is 1. The van der Waals surface area contributed by atoms with Gasteiger partial charge in [-0.3, -0.25) is 14.6 Å². The molecule has 1 aromatic rings. The maximum atomic E-state index is 12.5. The third-order valence-corrected chi connectivity index (χ3v) is 3.58. The number of likely N-dealkylation sites (tertiary alicyclic amines) is 1. The van der Waals surface area contributed by atoms with Crippen molar-refractivity contribution in [1.29, 1.82) is 0 Å². The standard InChI is InChI=1S/C14H19N3O3/c1-9-12(6-11(15)7-16-9)13(18)17-5-3-4-10(8-17)14(19)20-2/h6-7,10H,3-5,8,15H2,1-2H3. The molecule has 1 atom stereocenters. The van der Waals surface area contributed by atoms with Gasteiger partial charge < -0.3 is 15.4 Å². The first-order valence-electron chi connectivity index (χ1n) is 6.62. The predicted molar refractivity (Wildman–Crippen MR) is 74.0 cm³/mol. The molecule has 108 valence electrons. The number of hydrogen-bond acceptors (Lipinski definition) is 5. The number of amides is 1. The summed E-state index contributed by atoms with van der Waals surface area (Å²) in [7, 11) is 1.37. The van der Waals surface area contributed by atoms with Crippen LogP contribution in [0.5, 0.6) is 0 Å². The van der Waals surface area contributed by atoms with E-state index in [1.807, 2.05) is 0 Å². The fourth-order valence-corrected chi connectivity index (χ4v) is 2.46. The fraction of sp³-hybridized carbons (Fsp3) is 0.500. The zero-order valence-corrected chi connectivity index (χ0v) is 11.8. The molecule has 1 fully saturated rings. The summed E-state index contributed by atoms with van der Waals surface area (Å²) < 4.78 is 4.76. The van der Waals surface area contributed by atoms with Gasteiger partial charge in [0.2, 0.25) is 0 Å². The van der Waals surface area contributed by atoms with E-state index >= 15 is 0 Å². The summed E-state index contributed by atoms with van der Waals surface area (Å²) >= 11 is 0. The van der Waals surface area contributed by atoms with Crippen molar-refractivity contribution in [3.8, 4) is 0 Å².